The van der Waals surface area contributed by atoms with Gasteiger partial charge in [0.25, 0.3) is 0 Å². The molecule has 1 fully saturated rings. The number of anilines is 1. The molecule has 1 saturated carbocycles. The Bertz CT molecular complexity index is 543. The van der Waals surface area contributed by atoms with Crippen LogP contribution in [0.5, 0.6) is 0 Å². The minimum atomic E-state index is -0.592. The number of hydrogen-bond donors (Lipinski definition) is 0. The van der Waals surface area contributed by atoms with Crippen LogP contribution >= 0.6 is 0 Å². The Hall–Kier alpha value is -2.18. The van der Waals surface area contributed by atoms with E-state index in [0.717, 1.165) is 19.4 Å². The highest BCUT2D eigenvalue weighted by Crippen LogP contribution is 2.32. The molecule has 1 aliphatic rings. The molecule has 1 aromatic rings. The standard InChI is InChI=1S/C14H19N3O4/c1-3-16(9-10-5-4-6-10)13-12(17(19)20)8-7-11(15-13)14(18)21-2/h7-8,10H,3-6,9H2,1-2H3. The fourth-order valence-electron chi connectivity index (χ4n) is 2.39. The number of ether oxygens (including phenoxy) is 1. The summed E-state index contributed by atoms with van der Waals surface area (Å²) in [7, 11) is 1.26. The third-order valence-corrected chi connectivity index (χ3v) is 3.83. The zero-order chi connectivity index (χ0) is 15.4. The zero-order valence-corrected chi connectivity index (χ0v) is 12.2. The van der Waals surface area contributed by atoms with E-state index in [9.17, 15) is 14.9 Å². The summed E-state index contributed by atoms with van der Waals surface area (Å²) in [5, 5.41) is 11.2. The van der Waals surface area contributed by atoms with Gasteiger partial charge >= 0.3 is 11.7 Å². The Morgan fingerprint density at radius 1 is 1.52 bits per heavy atom. The molecule has 0 N–H and O–H groups in total. The molecule has 0 atom stereocenters. The molecule has 21 heavy (non-hydrogen) atoms. The fourth-order valence-corrected chi connectivity index (χ4v) is 2.39. The van der Waals surface area contributed by atoms with E-state index in [0.29, 0.717) is 12.5 Å². The summed E-state index contributed by atoms with van der Waals surface area (Å²) in [4.78, 5) is 28.3. The zero-order valence-electron chi connectivity index (χ0n) is 12.2. The number of nitrogens with zero attached hydrogens (tertiary/aromatic N) is 3. The summed E-state index contributed by atoms with van der Waals surface area (Å²) in [6, 6.07) is 2.64. The highest BCUT2D eigenvalue weighted by Gasteiger charge is 2.27. The van der Waals surface area contributed by atoms with Gasteiger partial charge in [-0.1, -0.05) is 6.42 Å². The molecule has 1 heterocycles. The van der Waals surface area contributed by atoms with Crippen LogP contribution in [0.3, 0.4) is 0 Å². The predicted molar refractivity (Wildman–Crippen MR) is 77.5 cm³/mol. The van der Waals surface area contributed by atoms with Crippen LogP contribution in [-0.4, -0.2) is 36.1 Å². The minimum Gasteiger partial charge on any atom is -0.464 e. The first-order valence-corrected chi connectivity index (χ1v) is 7.05. The average molecular weight is 293 g/mol. The summed E-state index contributed by atoms with van der Waals surface area (Å²) in [5.74, 6) is 0.205. The number of carbonyl (C=O) groups is 1. The number of pyridine rings is 1. The number of methoxy groups -OCH3 is 1. The van der Waals surface area contributed by atoms with E-state index in [4.69, 9.17) is 0 Å². The normalized spacial score (nSPS) is 14.4. The molecule has 114 valence electrons. The fraction of sp³-hybridized carbons (Fsp3) is 0.571. The van der Waals surface area contributed by atoms with Crippen molar-refractivity contribution in [3.63, 3.8) is 0 Å². The van der Waals surface area contributed by atoms with Crippen molar-refractivity contribution in [2.45, 2.75) is 26.2 Å². The number of carbonyl (C=O) groups excluding carboxylic acids is 1. The Balaban J connectivity index is 2.35. The van der Waals surface area contributed by atoms with E-state index in [2.05, 4.69) is 9.72 Å². The third kappa shape index (κ3) is 3.29. The number of aromatic nitrogens is 1. The van der Waals surface area contributed by atoms with Crippen molar-refractivity contribution in [3.8, 4) is 0 Å². The van der Waals surface area contributed by atoms with Crippen molar-refractivity contribution in [1.29, 1.82) is 0 Å². The lowest BCUT2D eigenvalue weighted by Gasteiger charge is -2.32. The molecule has 0 unspecified atom stereocenters. The Morgan fingerprint density at radius 3 is 2.71 bits per heavy atom. The molecule has 0 amide bonds. The van der Waals surface area contributed by atoms with Crippen LogP contribution in [0.2, 0.25) is 0 Å². The van der Waals surface area contributed by atoms with Crippen LogP contribution in [0.15, 0.2) is 12.1 Å². The second-order valence-corrected chi connectivity index (χ2v) is 5.12. The van der Waals surface area contributed by atoms with Gasteiger partial charge in [0, 0.05) is 19.2 Å². The molecule has 2 rings (SSSR count). The maximum atomic E-state index is 11.6. The van der Waals surface area contributed by atoms with E-state index in [1.165, 1.54) is 25.7 Å². The second-order valence-electron chi connectivity index (χ2n) is 5.12. The molecule has 0 aliphatic heterocycles. The van der Waals surface area contributed by atoms with E-state index in [1.807, 2.05) is 11.8 Å². The van der Waals surface area contributed by atoms with Crippen LogP contribution < -0.4 is 4.90 Å². The Kier molecular flexibility index (Phi) is 4.72. The lowest BCUT2D eigenvalue weighted by Crippen LogP contribution is -2.33. The maximum Gasteiger partial charge on any atom is 0.356 e. The number of nitro groups is 1. The maximum absolute atomic E-state index is 11.6. The summed E-state index contributed by atoms with van der Waals surface area (Å²) in [5.41, 5.74) is 0.00832. The number of hydrogen-bond acceptors (Lipinski definition) is 6. The van der Waals surface area contributed by atoms with Gasteiger partial charge in [-0.2, -0.15) is 0 Å². The van der Waals surface area contributed by atoms with Gasteiger partial charge in [0.2, 0.25) is 5.82 Å². The van der Waals surface area contributed by atoms with E-state index >= 15 is 0 Å². The van der Waals surface area contributed by atoms with Crippen molar-refractivity contribution in [3.05, 3.63) is 27.9 Å². The van der Waals surface area contributed by atoms with Gasteiger partial charge in [-0.25, -0.2) is 9.78 Å². The van der Waals surface area contributed by atoms with E-state index < -0.39 is 10.9 Å². The second kappa shape index (κ2) is 6.51. The van der Waals surface area contributed by atoms with Crippen LogP contribution in [0, 0.1) is 16.0 Å². The van der Waals surface area contributed by atoms with Crippen molar-refractivity contribution in [2.75, 3.05) is 25.1 Å². The quantitative estimate of drug-likeness (QED) is 0.455. The molecule has 0 spiro atoms. The first-order valence-electron chi connectivity index (χ1n) is 7.05. The van der Waals surface area contributed by atoms with Crippen LogP contribution in [0.25, 0.3) is 0 Å². The van der Waals surface area contributed by atoms with Gasteiger partial charge in [0.1, 0.15) is 0 Å². The summed E-state index contributed by atoms with van der Waals surface area (Å²) in [6.07, 6.45) is 3.49. The first-order chi connectivity index (χ1) is 10.1. The van der Waals surface area contributed by atoms with Gasteiger partial charge < -0.3 is 9.64 Å². The molecule has 0 radical (unpaired) electrons. The van der Waals surface area contributed by atoms with Crippen molar-refractivity contribution < 1.29 is 14.5 Å². The first kappa shape index (κ1) is 15.2. The average Bonchev–Trinajstić information content (AvgIpc) is 2.45. The molecular weight excluding hydrogens is 274 g/mol. The van der Waals surface area contributed by atoms with Gasteiger partial charge in [0.05, 0.1) is 12.0 Å². The summed E-state index contributed by atoms with van der Waals surface area (Å²) in [6.45, 7) is 3.26. The molecule has 7 nitrogen and oxygen atoms in total. The van der Waals surface area contributed by atoms with Crippen LogP contribution in [0.1, 0.15) is 36.7 Å². The monoisotopic (exact) mass is 293 g/mol. The topological polar surface area (TPSA) is 85.6 Å². The smallest absolute Gasteiger partial charge is 0.356 e. The van der Waals surface area contributed by atoms with Crippen LogP contribution in [0.4, 0.5) is 11.5 Å². The van der Waals surface area contributed by atoms with Crippen molar-refractivity contribution in [2.24, 2.45) is 5.92 Å². The highest BCUT2D eigenvalue weighted by atomic mass is 16.6. The largest absolute Gasteiger partial charge is 0.464 e. The van der Waals surface area contributed by atoms with Crippen LogP contribution in [-0.2, 0) is 4.74 Å². The van der Waals surface area contributed by atoms with Crippen molar-refractivity contribution >= 4 is 17.5 Å². The lowest BCUT2D eigenvalue weighted by atomic mass is 9.85. The SMILES string of the molecule is CCN(CC1CCC1)c1nc(C(=O)OC)ccc1[N+](=O)[O-]. The Labute approximate surface area is 123 Å². The molecule has 0 bridgehead atoms. The highest BCUT2D eigenvalue weighted by molar-refractivity contribution is 5.88. The van der Waals surface area contributed by atoms with Gasteiger partial charge in [0.15, 0.2) is 5.69 Å². The van der Waals surface area contributed by atoms with E-state index in [-0.39, 0.29) is 17.2 Å². The summed E-state index contributed by atoms with van der Waals surface area (Å²) < 4.78 is 4.63. The minimum absolute atomic E-state index is 0.0798. The summed E-state index contributed by atoms with van der Waals surface area (Å²) >= 11 is 0. The molecule has 7 heteroatoms. The lowest BCUT2D eigenvalue weighted by molar-refractivity contribution is -0.384. The molecule has 1 aromatic heterocycles. The van der Waals surface area contributed by atoms with Gasteiger partial charge in [-0.05, 0) is 31.7 Å². The van der Waals surface area contributed by atoms with Gasteiger partial charge in [-0.15, -0.1) is 0 Å². The predicted octanol–water partition coefficient (Wildman–Crippen LogP) is 2.40. The Morgan fingerprint density at radius 2 is 2.24 bits per heavy atom. The molecule has 1 aliphatic carbocycles. The number of esters is 1. The van der Waals surface area contributed by atoms with Crippen molar-refractivity contribution in [1.82, 2.24) is 4.98 Å². The van der Waals surface area contributed by atoms with E-state index in [1.54, 1.807) is 0 Å². The molecular formula is C14H19N3O4. The molecule has 0 aromatic carbocycles. The number of rotatable bonds is 6. The molecule has 0 saturated heterocycles. The third-order valence-electron chi connectivity index (χ3n) is 3.83. The van der Waals surface area contributed by atoms with Gasteiger partial charge in [-0.3, -0.25) is 10.1 Å².